The topological polar surface area (TPSA) is 80.3 Å². The van der Waals surface area contributed by atoms with E-state index in [-0.39, 0.29) is 0 Å². The summed E-state index contributed by atoms with van der Waals surface area (Å²) in [4.78, 5) is 0. The molecular weight excluding hydrogens is 701 g/mol. The van der Waals surface area contributed by atoms with E-state index in [0.717, 1.165) is 0 Å². The van der Waals surface area contributed by atoms with Crippen LogP contribution in [0, 0.1) is 0 Å². The quantitative estimate of drug-likeness (QED) is 0.0882. The lowest BCUT2D eigenvalue weighted by molar-refractivity contribution is 0.352. The summed E-state index contributed by atoms with van der Waals surface area (Å²) in [6, 6.07) is 85.5. The van der Waals surface area contributed by atoms with Gasteiger partial charge in [-0.2, -0.15) is 8.97 Å². The smallest absolute Gasteiger partial charge is 0.148 e. The number of rotatable bonds is 8. The van der Waals surface area contributed by atoms with Crippen molar-refractivity contribution in [3.05, 3.63) is 243 Å². The second-order valence-electron chi connectivity index (χ2n) is 12.4. The fourth-order valence-corrected chi connectivity index (χ4v) is 7.00. The summed E-state index contributed by atoms with van der Waals surface area (Å²) in [6.45, 7) is 0. The van der Waals surface area contributed by atoms with Crippen LogP contribution in [0.5, 0.6) is 0 Å². The molecule has 0 fully saturated rings. The lowest BCUT2D eigenvalue weighted by Crippen LogP contribution is -2.33. The molecule has 0 aliphatic carbocycles. The van der Waals surface area contributed by atoms with Crippen molar-refractivity contribution in [1.29, 1.82) is 0 Å². The van der Waals surface area contributed by atoms with E-state index in [1.165, 1.54) is 45.5 Å². The minimum atomic E-state index is -5.17. The molecule has 0 heterocycles. The third-order valence-electron chi connectivity index (χ3n) is 9.15. The van der Waals surface area contributed by atoms with E-state index in [0.29, 0.717) is 8.97 Å². The Hall–Kier alpha value is -6.45. The minimum Gasteiger partial charge on any atom is -0.759 e. The van der Waals surface area contributed by atoms with Crippen LogP contribution in [0.1, 0.15) is 0 Å². The summed E-state index contributed by atoms with van der Waals surface area (Å²) in [7, 11) is -5.17. The number of benzene rings is 8. The molecule has 0 bridgehead atoms. The van der Waals surface area contributed by atoms with Crippen LogP contribution in [0.3, 0.4) is 0 Å². The van der Waals surface area contributed by atoms with E-state index in [9.17, 15) is 0 Å². The second kappa shape index (κ2) is 18.1. The molecule has 0 spiro atoms. The Balaban J connectivity index is 0.000000167. The molecule has 0 radical (unpaired) electrons. The number of hydrogen-bond acceptors (Lipinski definition) is 4. The normalized spacial score (nSPS) is 11.2. The van der Waals surface area contributed by atoms with E-state index < -0.39 is 10.4 Å². The first-order valence-corrected chi connectivity index (χ1v) is 19.1. The van der Waals surface area contributed by atoms with Gasteiger partial charge in [0.2, 0.25) is 0 Å². The van der Waals surface area contributed by atoms with Crippen LogP contribution >= 0.6 is 0 Å². The molecule has 0 aliphatic rings. The van der Waals surface area contributed by atoms with Gasteiger partial charge in [-0.1, -0.05) is 146 Å². The van der Waals surface area contributed by atoms with Gasteiger partial charge >= 0.3 is 0 Å². The SMILES string of the molecule is O=S(=O)([O-])[O-].c1ccc([N+](c2ccccc2)(c2ccccc2)c2ccccc2)cc1.c1ccc([N+](c2ccccc2)(c2ccccc2)c2ccccc2)cc1. The molecule has 0 unspecified atom stereocenters. The van der Waals surface area contributed by atoms with Gasteiger partial charge < -0.3 is 9.11 Å². The minimum absolute atomic E-state index is 0.559. The van der Waals surface area contributed by atoms with Crippen molar-refractivity contribution in [2.24, 2.45) is 0 Å². The summed E-state index contributed by atoms with van der Waals surface area (Å²) < 4.78 is 35.2. The van der Waals surface area contributed by atoms with Crippen molar-refractivity contribution in [2.45, 2.75) is 0 Å². The van der Waals surface area contributed by atoms with Crippen LogP contribution in [0.25, 0.3) is 0 Å². The van der Waals surface area contributed by atoms with Gasteiger partial charge in [-0.25, -0.2) is 0 Å². The summed E-state index contributed by atoms with van der Waals surface area (Å²) in [5, 5.41) is 0. The zero-order chi connectivity index (χ0) is 38.4. The van der Waals surface area contributed by atoms with Gasteiger partial charge in [0.15, 0.2) is 0 Å². The molecule has 8 aromatic carbocycles. The molecular formula is C48H40N2O4S. The van der Waals surface area contributed by atoms with Crippen molar-refractivity contribution >= 4 is 55.9 Å². The first-order chi connectivity index (χ1) is 26.8. The highest BCUT2D eigenvalue weighted by Gasteiger charge is 2.40. The van der Waals surface area contributed by atoms with E-state index in [1.54, 1.807) is 0 Å². The van der Waals surface area contributed by atoms with Crippen molar-refractivity contribution in [1.82, 2.24) is 8.97 Å². The Morgan fingerprint density at radius 1 is 0.236 bits per heavy atom. The monoisotopic (exact) mass is 740 g/mol. The van der Waals surface area contributed by atoms with Crippen molar-refractivity contribution in [3.8, 4) is 0 Å². The molecule has 6 nitrogen and oxygen atoms in total. The fraction of sp³-hybridized carbons (Fsp3) is 0. The lowest BCUT2D eigenvalue weighted by Gasteiger charge is -2.37. The average molecular weight is 741 g/mol. The summed E-state index contributed by atoms with van der Waals surface area (Å²) in [6.07, 6.45) is 0. The number of para-hydroxylation sites is 8. The molecule has 7 heteroatoms. The molecule has 0 N–H and O–H groups in total. The third kappa shape index (κ3) is 8.86. The molecule has 0 atom stereocenters. The first-order valence-electron chi connectivity index (χ1n) is 17.7. The van der Waals surface area contributed by atoms with Crippen LogP contribution in [0.15, 0.2) is 243 Å². The van der Waals surface area contributed by atoms with Crippen molar-refractivity contribution in [2.75, 3.05) is 0 Å². The summed E-state index contributed by atoms with van der Waals surface area (Å²) in [5.41, 5.74) is 9.71. The molecule has 8 aromatic rings. The third-order valence-corrected chi connectivity index (χ3v) is 9.15. The summed E-state index contributed by atoms with van der Waals surface area (Å²) >= 11 is 0. The number of nitrogens with zero attached hydrogens (tertiary/aromatic N) is 2. The second-order valence-corrected chi connectivity index (χ2v) is 13.3. The van der Waals surface area contributed by atoms with Gasteiger partial charge in [-0.15, -0.1) is 0 Å². The largest absolute Gasteiger partial charge is 0.759 e. The van der Waals surface area contributed by atoms with Crippen molar-refractivity contribution < 1.29 is 17.5 Å². The molecule has 0 amide bonds. The average Bonchev–Trinajstić information content (AvgIpc) is 3.24. The fourth-order valence-electron chi connectivity index (χ4n) is 7.00. The van der Waals surface area contributed by atoms with Crippen LogP contribution in [-0.2, 0) is 10.4 Å². The van der Waals surface area contributed by atoms with E-state index >= 15 is 0 Å². The maximum absolute atomic E-state index is 8.52. The maximum atomic E-state index is 8.52. The zero-order valence-corrected chi connectivity index (χ0v) is 30.8. The van der Waals surface area contributed by atoms with Crippen LogP contribution in [-0.4, -0.2) is 17.5 Å². The maximum Gasteiger partial charge on any atom is 0.148 e. The van der Waals surface area contributed by atoms with Crippen LogP contribution in [0.4, 0.5) is 45.5 Å². The Labute approximate surface area is 323 Å². The van der Waals surface area contributed by atoms with E-state index in [1.807, 2.05) is 0 Å². The van der Waals surface area contributed by atoms with Gasteiger partial charge in [0.1, 0.15) is 45.5 Å². The van der Waals surface area contributed by atoms with Gasteiger partial charge in [-0.3, -0.25) is 8.42 Å². The van der Waals surface area contributed by atoms with Gasteiger partial charge in [0.25, 0.3) is 0 Å². The first kappa shape index (κ1) is 38.3. The molecule has 272 valence electrons. The Morgan fingerprint density at radius 2 is 0.327 bits per heavy atom. The van der Waals surface area contributed by atoms with Gasteiger partial charge in [0.05, 0.1) is 0 Å². The standard InChI is InChI=1S/2C24H20N.H2O4S/c2*1-5-13-21(14-6-1)25(22-15-7-2-8-16-22,23-17-9-3-10-18-23)24-19-11-4-12-20-24;1-5(2,3)4/h2*1-20H;(H2,1,2,3,4)/q2*+1;/p-2. The molecule has 0 saturated carbocycles. The van der Waals surface area contributed by atoms with Crippen LogP contribution < -0.4 is 8.97 Å². The predicted molar refractivity (Wildman–Crippen MR) is 224 cm³/mol. The Bertz CT molecular complexity index is 1930. The predicted octanol–water partition coefficient (Wildman–Crippen LogP) is 12.6. The van der Waals surface area contributed by atoms with E-state index in [4.69, 9.17) is 17.5 Å². The van der Waals surface area contributed by atoms with Gasteiger partial charge in [0, 0.05) is 107 Å². The number of hydrogen-bond donors (Lipinski definition) is 0. The Kier molecular flexibility index (Phi) is 12.6. The molecule has 55 heavy (non-hydrogen) atoms. The van der Waals surface area contributed by atoms with Gasteiger partial charge in [-0.05, 0) is 0 Å². The van der Waals surface area contributed by atoms with Crippen molar-refractivity contribution in [3.63, 3.8) is 0 Å². The molecule has 0 aliphatic heterocycles. The number of quaternary nitrogens is 2. The molecule has 0 saturated heterocycles. The highest BCUT2D eigenvalue weighted by molar-refractivity contribution is 7.79. The zero-order valence-electron chi connectivity index (χ0n) is 30.0. The highest BCUT2D eigenvalue weighted by atomic mass is 32.3. The molecule has 0 aromatic heterocycles. The van der Waals surface area contributed by atoms with Crippen LogP contribution in [0.2, 0.25) is 0 Å². The molecule has 8 rings (SSSR count). The Morgan fingerprint density at radius 3 is 0.418 bits per heavy atom. The lowest BCUT2D eigenvalue weighted by atomic mass is 10.1. The summed E-state index contributed by atoms with van der Waals surface area (Å²) in [5.74, 6) is 0. The highest BCUT2D eigenvalue weighted by Crippen LogP contribution is 2.52. The van der Waals surface area contributed by atoms with E-state index in [2.05, 4.69) is 243 Å².